The number of aryl methyl sites for hydroxylation is 1. The molecule has 2 aromatic rings. The topological polar surface area (TPSA) is 85.1 Å². The van der Waals surface area contributed by atoms with Crippen LogP contribution in [0.15, 0.2) is 12.1 Å². The van der Waals surface area contributed by atoms with E-state index in [9.17, 15) is 8.42 Å². The highest BCUT2D eigenvalue weighted by Crippen LogP contribution is 2.36. The molecule has 3 rings (SSSR count). The first-order valence-corrected chi connectivity index (χ1v) is 10.0. The predicted octanol–water partition coefficient (Wildman–Crippen LogP) is 2.79. The van der Waals surface area contributed by atoms with E-state index in [-0.39, 0.29) is 5.75 Å². The molecule has 1 aliphatic carbocycles. The quantitative estimate of drug-likeness (QED) is 0.844. The molecule has 2 heterocycles. The van der Waals surface area contributed by atoms with Gasteiger partial charge in [-0.3, -0.25) is 4.72 Å². The van der Waals surface area contributed by atoms with Crippen LogP contribution >= 0.6 is 22.7 Å². The minimum absolute atomic E-state index is 0.206. The average molecular weight is 343 g/mol. The van der Waals surface area contributed by atoms with Gasteiger partial charge in [0, 0.05) is 16.3 Å². The maximum Gasteiger partial charge on any atom is 0.234 e. The molecule has 2 aromatic heterocycles. The molecule has 1 saturated carbocycles. The lowest BCUT2D eigenvalue weighted by Crippen LogP contribution is -2.17. The summed E-state index contributed by atoms with van der Waals surface area (Å²) in [5.41, 5.74) is 6.46. The lowest BCUT2D eigenvalue weighted by atomic mass is 10.3. The number of rotatable bonds is 6. The van der Waals surface area contributed by atoms with Crippen molar-refractivity contribution in [3.8, 4) is 10.6 Å². The number of anilines is 1. The number of nitrogens with two attached hydrogens (primary N) is 1. The SMILES string of the molecule is Cc1sc(NS(=O)(=O)CC2CC2)nc1-c1ccc(CN)s1. The lowest BCUT2D eigenvalue weighted by molar-refractivity contribution is 0.597. The number of nitrogens with zero attached hydrogens (tertiary/aromatic N) is 1. The van der Waals surface area contributed by atoms with E-state index in [0.717, 1.165) is 33.2 Å². The monoisotopic (exact) mass is 343 g/mol. The Morgan fingerprint density at radius 3 is 2.76 bits per heavy atom. The van der Waals surface area contributed by atoms with Crippen molar-refractivity contribution in [1.29, 1.82) is 0 Å². The van der Waals surface area contributed by atoms with Crippen LogP contribution in [0.2, 0.25) is 0 Å². The molecule has 0 bridgehead atoms. The summed E-state index contributed by atoms with van der Waals surface area (Å²) in [5.74, 6) is 0.532. The Labute approximate surface area is 132 Å². The molecule has 0 radical (unpaired) electrons. The maximum atomic E-state index is 12.0. The fourth-order valence-electron chi connectivity index (χ4n) is 2.05. The van der Waals surface area contributed by atoms with E-state index in [1.807, 2.05) is 19.1 Å². The summed E-state index contributed by atoms with van der Waals surface area (Å²) in [6, 6.07) is 3.97. The number of nitrogens with one attached hydrogen (secondary N) is 1. The summed E-state index contributed by atoms with van der Waals surface area (Å²) in [6.45, 7) is 2.46. The van der Waals surface area contributed by atoms with Crippen LogP contribution in [-0.4, -0.2) is 19.2 Å². The number of hydrogen-bond donors (Lipinski definition) is 2. The Hall–Kier alpha value is -0.960. The third kappa shape index (κ3) is 3.63. The average Bonchev–Trinajstić information content (AvgIpc) is 2.96. The normalized spacial score (nSPS) is 15.3. The van der Waals surface area contributed by atoms with Crippen LogP contribution in [0.25, 0.3) is 10.6 Å². The van der Waals surface area contributed by atoms with E-state index >= 15 is 0 Å². The molecule has 1 aliphatic rings. The van der Waals surface area contributed by atoms with Crippen LogP contribution in [0.4, 0.5) is 5.13 Å². The Morgan fingerprint density at radius 2 is 2.14 bits per heavy atom. The van der Waals surface area contributed by atoms with Crippen LogP contribution in [0, 0.1) is 12.8 Å². The highest BCUT2D eigenvalue weighted by Gasteiger charge is 2.28. The van der Waals surface area contributed by atoms with Gasteiger partial charge in [0.05, 0.1) is 16.3 Å². The van der Waals surface area contributed by atoms with E-state index in [0.29, 0.717) is 17.6 Å². The van der Waals surface area contributed by atoms with Crippen molar-refractivity contribution in [2.75, 3.05) is 10.5 Å². The van der Waals surface area contributed by atoms with Crippen molar-refractivity contribution in [3.63, 3.8) is 0 Å². The van der Waals surface area contributed by atoms with Crippen molar-refractivity contribution in [1.82, 2.24) is 4.98 Å². The van der Waals surface area contributed by atoms with E-state index in [1.54, 1.807) is 11.3 Å². The molecule has 0 aromatic carbocycles. The van der Waals surface area contributed by atoms with Crippen LogP contribution in [-0.2, 0) is 16.6 Å². The molecule has 0 amide bonds. The Kier molecular flexibility index (Phi) is 4.04. The van der Waals surface area contributed by atoms with E-state index in [4.69, 9.17) is 5.73 Å². The van der Waals surface area contributed by atoms with Crippen LogP contribution < -0.4 is 10.5 Å². The fraction of sp³-hybridized carbons (Fsp3) is 0.462. The number of thiazole rings is 1. The zero-order valence-electron chi connectivity index (χ0n) is 11.6. The highest BCUT2D eigenvalue weighted by atomic mass is 32.2. The van der Waals surface area contributed by atoms with Gasteiger partial charge in [0.15, 0.2) is 5.13 Å². The molecule has 21 heavy (non-hydrogen) atoms. The summed E-state index contributed by atoms with van der Waals surface area (Å²) in [7, 11) is -3.28. The third-order valence-corrected chi connectivity index (χ3v) is 6.83. The molecular formula is C13H17N3O2S3. The second kappa shape index (κ2) is 5.68. The second-order valence-electron chi connectivity index (χ2n) is 5.22. The summed E-state index contributed by atoms with van der Waals surface area (Å²) >= 11 is 2.97. The molecule has 0 atom stereocenters. The molecule has 3 N–H and O–H groups in total. The summed E-state index contributed by atoms with van der Waals surface area (Å²) < 4.78 is 26.6. The number of hydrogen-bond acceptors (Lipinski definition) is 6. The smallest absolute Gasteiger partial charge is 0.234 e. The van der Waals surface area contributed by atoms with Gasteiger partial charge in [0.1, 0.15) is 0 Å². The van der Waals surface area contributed by atoms with Crippen molar-refractivity contribution < 1.29 is 8.42 Å². The van der Waals surface area contributed by atoms with Gasteiger partial charge in [-0.1, -0.05) is 0 Å². The molecule has 5 nitrogen and oxygen atoms in total. The molecule has 8 heteroatoms. The molecule has 0 saturated heterocycles. The first-order chi connectivity index (χ1) is 9.97. The summed E-state index contributed by atoms with van der Waals surface area (Å²) in [4.78, 5) is 7.56. The molecule has 0 aliphatic heterocycles. The number of thiophene rings is 1. The van der Waals surface area contributed by atoms with Crippen molar-refractivity contribution >= 4 is 37.8 Å². The van der Waals surface area contributed by atoms with E-state index in [1.165, 1.54) is 11.3 Å². The number of aromatic nitrogens is 1. The Bertz CT molecular complexity index is 745. The van der Waals surface area contributed by atoms with Crippen LogP contribution in [0.1, 0.15) is 22.6 Å². The molecule has 0 unspecified atom stereocenters. The summed E-state index contributed by atoms with van der Waals surface area (Å²) in [6.07, 6.45) is 2.03. The van der Waals surface area contributed by atoms with Gasteiger partial charge >= 0.3 is 0 Å². The first-order valence-electron chi connectivity index (χ1n) is 6.74. The zero-order valence-corrected chi connectivity index (χ0v) is 14.1. The van der Waals surface area contributed by atoms with Gasteiger partial charge in [-0.05, 0) is 37.8 Å². The molecular weight excluding hydrogens is 326 g/mol. The first kappa shape index (κ1) is 15.0. The lowest BCUT2D eigenvalue weighted by Gasteiger charge is -2.02. The van der Waals surface area contributed by atoms with Crippen molar-refractivity contribution in [2.24, 2.45) is 11.7 Å². The zero-order chi connectivity index (χ0) is 15.0. The second-order valence-corrected chi connectivity index (χ2v) is 9.36. The Balaban J connectivity index is 1.80. The van der Waals surface area contributed by atoms with Crippen molar-refractivity contribution in [2.45, 2.75) is 26.3 Å². The molecule has 0 spiro atoms. The minimum atomic E-state index is -3.28. The fourth-order valence-corrected chi connectivity index (χ4v) is 5.63. The van der Waals surface area contributed by atoms with E-state index in [2.05, 4.69) is 9.71 Å². The van der Waals surface area contributed by atoms with Crippen molar-refractivity contribution in [3.05, 3.63) is 21.9 Å². The molecule has 1 fully saturated rings. The summed E-state index contributed by atoms with van der Waals surface area (Å²) in [5, 5.41) is 0.450. The van der Waals surface area contributed by atoms with Gasteiger partial charge in [-0.25, -0.2) is 13.4 Å². The van der Waals surface area contributed by atoms with Gasteiger partial charge in [-0.2, -0.15) is 0 Å². The van der Waals surface area contributed by atoms with Gasteiger partial charge in [0.25, 0.3) is 0 Å². The molecule has 114 valence electrons. The van der Waals surface area contributed by atoms with Gasteiger partial charge < -0.3 is 5.73 Å². The highest BCUT2D eigenvalue weighted by molar-refractivity contribution is 7.92. The maximum absolute atomic E-state index is 12.0. The standard InChI is InChI=1S/C13H17N3O2S3/c1-8-12(11-5-4-10(6-14)20-11)15-13(19-8)16-21(17,18)7-9-2-3-9/h4-5,9H,2-3,6-7,14H2,1H3,(H,15,16). The van der Waals surface area contributed by atoms with Gasteiger partial charge in [0.2, 0.25) is 10.0 Å². The predicted molar refractivity (Wildman–Crippen MR) is 88.2 cm³/mol. The van der Waals surface area contributed by atoms with E-state index < -0.39 is 10.0 Å². The third-order valence-electron chi connectivity index (χ3n) is 3.29. The number of sulfonamides is 1. The largest absolute Gasteiger partial charge is 0.326 e. The van der Waals surface area contributed by atoms with Crippen LogP contribution in [0.5, 0.6) is 0 Å². The van der Waals surface area contributed by atoms with Crippen LogP contribution in [0.3, 0.4) is 0 Å². The Morgan fingerprint density at radius 1 is 1.38 bits per heavy atom. The minimum Gasteiger partial charge on any atom is -0.326 e. The van der Waals surface area contributed by atoms with Gasteiger partial charge in [-0.15, -0.1) is 22.7 Å².